The average Bonchev–Trinajstić information content (AvgIpc) is 3.31. The molecule has 8 heteroatoms. The molecule has 5 rings (SSSR count). The minimum atomic E-state index is 0.225. The van der Waals surface area contributed by atoms with Gasteiger partial charge >= 0.3 is 0 Å². The van der Waals surface area contributed by atoms with Gasteiger partial charge in [-0.15, -0.1) is 0 Å². The van der Waals surface area contributed by atoms with Crippen LogP contribution in [0.15, 0.2) is 79.5 Å². The molecule has 0 spiro atoms. The molecule has 0 aliphatic carbocycles. The van der Waals surface area contributed by atoms with Gasteiger partial charge in [0.15, 0.2) is 0 Å². The monoisotopic (exact) mass is 489 g/mol. The molecule has 3 N–H and O–H groups in total. The Kier molecular flexibility index (Phi) is 6.68. The zero-order valence-electron chi connectivity index (χ0n) is 20.7. The topological polar surface area (TPSA) is 115 Å². The van der Waals surface area contributed by atoms with Crippen LogP contribution in [-0.4, -0.2) is 26.1 Å². The lowest BCUT2D eigenvalue weighted by atomic mass is 10.1. The van der Waals surface area contributed by atoms with Crippen molar-refractivity contribution < 1.29 is 4.74 Å². The number of benzene rings is 2. The van der Waals surface area contributed by atoms with Gasteiger partial charge in [-0.3, -0.25) is 4.98 Å². The van der Waals surface area contributed by atoms with Crippen LogP contribution in [0.3, 0.4) is 0 Å². The summed E-state index contributed by atoms with van der Waals surface area (Å²) in [7, 11) is 0. The fraction of sp³-hybridized carbons (Fsp3) is 0.172. The molecule has 0 saturated carbocycles. The summed E-state index contributed by atoms with van der Waals surface area (Å²) < 4.78 is 8.22. The largest absolute Gasteiger partial charge is 0.456 e. The van der Waals surface area contributed by atoms with Crippen LogP contribution in [0.4, 0.5) is 11.5 Å². The molecule has 0 atom stereocenters. The van der Waals surface area contributed by atoms with Crippen LogP contribution in [0.2, 0.25) is 0 Å². The van der Waals surface area contributed by atoms with E-state index in [9.17, 15) is 5.26 Å². The Morgan fingerprint density at radius 2 is 1.84 bits per heavy atom. The summed E-state index contributed by atoms with van der Waals surface area (Å²) in [5.74, 6) is 1.58. The predicted octanol–water partition coefficient (Wildman–Crippen LogP) is 5.97. The number of anilines is 2. The highest BCUT2D eigenvalue weighted by molar-refractivity contribution is 6.00. The molecule has 0 aliphatic heterocycles. The van der Waals surface area contributed by atoms with Gasteiger partial charge < -0.3 is 20.4 Å². The summed E-state index contributed by atoms with van der Waals surface area (Å²) in [5, 5.41) is 14.0. The van der Waals surface area contributed by atoms with Gasteiger partial charge in [-0.1, -0.05) is 18.2 Å². The summed E-state index contributed by atoms with van der Waals surface area (Å²) in [6.07, 6.45) is 7.93. The van der Waals surface area contributed by atoms with Crippen LogP contribution in [0.25, 0.3) is 22.2 Å². The van der Waals surface area contributed by atoms with Gasteiger partial charge in [0.05, 0.1) is 11.1 Å². The van der Waals surface area contributed by atoms with Crippen molar-refractivity contribution in [3.05, 3.63) is 90.6 Å². The van der Waals surface area contributed by atoms with E-state index in [1.165, 1.54) is 11.9 Å². The van der Waals surface area contributed by atoms with Crippen molar-refractivity contribution in [2.75, 3.05) is 17.6 Å². The first kappa shape index (κ1) is 23.8. The van der Waals surface area contributed by atoms with E-state index in [4.69, 9.17) is 10.5 Å². The number of nitriles is 1. The molecule has 0 bridgehead atoms. The Labute approximate surface area is 215 Å². The van der Waals surface area contributed by atoms with Crippen molar-refractivity contribution in [2.24, 2.45) is 0 Å². The number of hydrogen-bond donors (Lipinski definition) is 2. The van der Waals surface area contributed by atoms with E-state index in [1.54, 1.807) is 18.5 Å². The molecule has 3 aromatic heterocycles. The minimum Gasteiger partial charge on any atom is -0.456 e. The summed E-state index contributed by atoms with van der Waals surface area (Å²) >= 11 is 0. The molecular weight excluding hydrogens is 462 g/mol. The second kappa shape index (κ2) is 10.4. The molecule has 0 aliphatic rings. The predicted molar refractivity (Wildman–Crippen MR) is 145 cm³/mol. The van der Waals surface area contributed by atoms with Gasteiger partial charge in [-0.2, -0.15) is 5.26 Å². The van der Waals surface area contributed by atoms with Crippen LogP contribution in [0, 0.1) is 11.3 Å². The second-order valence-corrected chi connectivity index (χ2v) is 8.95. The van der Waals surface area contributed by atoms with Crippen LogP contribution < -0.4 is 15.8 Å². The molecule has 0 amide bonds. The van der Waals surface area contributed by atoms with Gasteiger partial charge in [0.1, 0.15) is 40.9 Å². The fourth-order valence-corrected chi connectivity index (χ4v) is 4.32. The highest BCUT2D eigenvalue weighted by atomic mass is 16.5. The molecule has 0 radical (unpaired) electrons. The SMILES string of the molecule is CC(C)n1cc(-c2ccc(Oc3cccc(NCCc4ccncc4)c3C#N)cc2)c2c(N)ncnc21. The molecule has 8 nitrogen and oxygen atoms in total. The first-order chi connectivity index (χ1) is 18.0. The zero-order chi connectivity index (χ0) is 25.8. The summed E-state index contributed by atoms with van der Waals surface area (Å²) in [5.41, 5.74) is 11.4. The number of aromatic nitrogens is 4. The summed E-state index contributed by atoms with van der Waals surface area (Å²) in [6, 6.07) is 19.8. The molecule has 3 heterocycles. The van der Waals surface area contributed by atoms with E-state index in [1.807, 2.05) is 48.5 Å². The highest BCUT2D eigenvalue weighted by Crippen LogP contribution is 2.36. The third-order valence-corrected chi connectivity index (χ3v) is 6.20. The Bertz CT molecular complexity index is 1570. The maximum absolute atomic E-state index is 9.86. The third-order valence-electron chi connectivity index (χ3n) is 6.20. The lowest BCUT2D eigenvalue weighted by Crippen LogP contribution is -2.06. The molecule has 2 aromatic carbocycles. The average molecular weight is 490 g/mol. The number of nitrogen functional groups attached to an aromatic ring is 1. The van der Waals surface area contributed by atoms with E-state index < -0.39 is 0 Å². The van der Waals surface area contributed by atoms with Crippen molar-refractivity contribution in [1.29, 1.82) is 5.26 Å². The number of nitrogens with one attached hydrogen (secondary N) is 1. The van der Waals surface area contributed by atoms with E-state index in [2.05, 4.69) is 50.9 Å². The number of hydrogen-bond acceptors (Lipinski definition) is 7. The van der Waals surface area contributed by atoms with Gasteiger partial charge in [0.2, 0.25) is 0 Å². The van der Waals surface area contributed by atoms with Crippen LogP contribution in [0.5, 0.6) is 11.5 Å². The van der Waals surface area contributed by atoms with E-state index in [-0.39, 0.29) is 6.04 Å². The van der Waals surface area contributed by atoms with Crippen molar-refractivity contribution in [3.8, 4) is 28.7 Å². The van der Waals surface area contributed by atoms with Crippen molar-refractivity contribution >= 4 is 22.5 Å². The van der Waals surface area contributed by atoms with Crippen molar-refractivity contribution in [2.45, 2.75) is 26.3 Å². The van der Waals surface area contributed by atoms with Crippen LogP contribution >= 0.6 is 0 Å². The van der Waals surface area contributed by atoms with E-state index in [0.717, 1.165) is 34.3 Å². The Balaban J connectivity index is 1.36. The lowest BCUT2D eigenvalue weighted by Gasteiger charge is -2.13. The fourth-order valence-electron chi connectivity index (χ4n) is 4.32. The standard InChI is InChI=1S/C29H27N7O/c1-19(2)36-17-24(27-28(31)34-18-35-29(27)36)21-6-8-22(9-7-21)37-26-5-3-4-25(23(26)16-30)33-15-12-20-10-13-32-14-11-20/h3-11,13-14,17-19,33H,12,15H2,1-2H3,(H2,31,34,35). The molecule has 37 heavy (non-hydrogen) atoms. The highest BCUT2D eigenvalue weighted by Gasteiger charge is 2.17. The van der Waals surface area contributed by atoms with E-state index >= 15 is 0 Å². The Morgan fingerprint density at radius 1 is 1.05 bits per heavy atom. The van der Waals surface area contributed by atoms with Gasteiger partial charge in [-0.25, -0.2) is 9.97 Å². The van der Waals surface area contributed by atoms with Gasteiger partial charge in [0.25, 0.3) is 0 Å². The first-order valence-corrected chi connectivity index (χ1v) is 12.1. The Hall–Kier alpha value is -4.90. The maximum Gasteiger partial charge on any atom is 0.147 e. The number of fused-ring (bicyclic) bond motifs is 1. The first-order valence-electron chi connectivity index (χ1n) is 12.1. The minimum absolute atomic E-state index is 0.225. The van der Waals surface area contributed by atoms with Crippen LogP contribution in [-0.2, 0) is 6.42 Å². The van der Waals surface area contributed by atoms with Crippen molar-refractivity contribution in [1.82, 2.24) is 19.5 Å². The summed E-state index contributed by atoms with van der Waals surface area (Å²) in [4.78, 5) is 12.7. The maximum atomic E-state index is 9.86. The molecule has 184 valence electrons. The van der Waals surface area contributed by atoms with E-state index in [0.29, 0.717) is 29.4 Å². The van der Waals surface area contributed by atoms with Gasteiger partial charge in [-0.05, 0) is 67.8 Å². The number of nitrogens with zero attached hydrogens (tertiary/aromatic N) is 5. The number of nitrogens with two attached hydrogens (primary N) is 1. The quantitative estimate of drug-likeness (QED) is 0.276. The smallest absolute Gasteiger partial charge is 0.147 e. The third kappa shape index (κ3) is 4.93. The van der Waals surface area contributed by atoms with Gasteiger partial charge in [0, 0.05) is 36.7 Å². The molecule has 0 saturated heterocycles. The molecule has 0 fully saturated rings. The number of rotatable bonds is 8. The normalized spacial score (nSPS) is 11.0. The number of pyridine rings is 1. The Morgan fingerprint density at radius 3 is 2.57 bits per heavy atom. The lowest BCUT2D eigenvalue weighted by molar-refractivity contribution is 0.481. The van der Waals surface area contributed by atoms with Crippen LogP contribution in [0.1, 0.15) is 31.0 Å². The molecule has 0 unspecified atom stereocenters. The number of ether oxygens (including phenoxy) is 1. The summed E-state index contributed by atoms with van der Waals surface area (Å²) in [6.45, 7) is 4.90. The zero-order valence-corrected chi connectivity index (χ0v) is 20.7. The van der Waals surface area contributed by atoms with Crippen molar-refractivity contribution in [3.63, 3.8) is 0 Å². The second-order valence-electron chi connectivity index (χ2n) is 8.95. The molecule has 5 aromatic rings. The molecular formula is C29H27N7O.